The van der Waals surface area contributed by atoms with Crippen LogP contribution in [0.15, 0.2) is 24.3 Å². The number of nitrogens with two attached hydrogens (primary N) is 1. The van der Waals surface area contributed by atoms with Gasteiger partial charge in [-0.15, -0.1) is 0 Å². The summed E-state index contributed by atoms with van der Waals surface area (Å²) in [7, 11) is 0. The summed E-state index contributed by atoms with van der Waals surface area (Å²) in [5, 5.41) is 3.01. The van der Waals surface area contributed by atoms with Gasteiger partial charge in [0.05, 0.1) is 0 Å². The molecule has 4 nitrogen and oxygen atoms in total. The van der Waals surface area contributed by atoms with Crippen molar-refractivity contribution in [2.24, 2.45) is 5.73 Å². The number of hydrogen-bond donors (Lipinski definition) is 2. The number of likely N-dealkylation sites (tertiary alicyclic amines) is 1. The molecule has 1 aromatic carbocycles. The second kappa shape index (κ2) is 6.68. The zero-order valence-corrected chi connectivity index (χ0v) is 11.6. The maximum atomic E-state index is 12.1. The van der Waals surface area contributed by atoms with Crippen molar-refractivity contribution in [2.75, 3.05) is 19.6 Å². The van der Waals surface area contributed by atoms with Gasteiger partial charge < -0.3 is 11.1 Å². The Kier molecular flexibility index (Phi) is 4.93. The van der Waals surface area contributed by atoms with Crippen molar-refractivity contribution in [1.82, 2.24) is 10.2 Å². The largest absolute Gasteiger partial charge is 0.350 e. The van der Waals surface area contributed by atoms with Crippen molar-refractivity contribution in [2.45, 2.75) is 32.4 Å². The van der Waals surface area contributed by atoms with E-state index in [4.69, 9.17) is 5.73 Å². The van der Waals surface area contributed by atoms with Crippen molar-refractivity contribution in [3.63, 3.8) is 0 Å². The topological polar surface area (TPSA) is 58.4 Å². The van der Waals surface area contributed by atoms with Crippen LogP contribution in [0, 0.1) is 0 Å². The van der Waals surface area contributed by atoms with Gasteiger partial charge in [0.2, 0.25) is 0 Å². The molecule has 0 aromatic heterocycles. The van der Waals surface area contributed by atoms with Gasteiger partial charge >= 0.3 is 0 Å². The molecule has 1 fully saturated rings. The summed E-state index contributed by atoms with van der Waals surface area (Å²) in [6.07, 6.45) is 2.55. The third-order valence-corrected chi connectivity index (χ3v) is 3.75. The number of nitrogens with one attached hydrogen (secondary N) is 1. The standard InChI is InChI=1S/C15H23N3O/c1-12(18-7-2-3-8-18)11-17-15(19)14-6-4-5-13(9-14)10-16/h4-6,9,12H,2-3,7-8,10-11,16H2,1H3,(H,17,19). The summed E-state index contributed by atoms with van der Waals surface area (Å²) in [6.45, 7) is 5.64. The second-order valence-electron chi connectivity index (χ2n) is 5.21. The number of nitrogens with zero attached hydrogens (tertiary/aromatic N) is 1. The van der Waals surface area contributed by atoms with Crippen molar-refractivity contribution in [3.05, 3.63) is 35.4 Å². The van der Waals surface area contributed by atoms with Gasteiger partial charge in [0.15, 0.2) is 0 Å². The maximum Gasteiger partial charge on any atom is 0.251 e. The lowest BCUT2D eigenvalue weighted by molar-refractivity contribution is 0.0940. The molecule has 2 rings (SSSR count). The lowest BCUT2D eigenvalue weighted by atomic mass is 10.1. The molecule has 1 saturated heterocycles. The molecule has 1 atom stereocenters. The van der Waals surface area contributed by atoms with Crippen LogP contribution in [-0.2, 0) is 6.54 Å². The van der Waals surface area contributed by atoms with Gasteiger partial charge in [-0.3, -0.25) is 9.69 Å². The predicted octanol–water partition coefficient (Wildman–Crippen LogP) is 1.36. The molecule has 104 valence electrons. The Morgan fingerprint density at radius 1 is 1.42 bits per heavy atom. The van der Waals surface area contributed by atoms with Crippen LogP contribution < -0.4 is 11.1 Å². The molecule has 0 spiro atoms. The quantitative estimate of drug-likeness (QED) is 0.841. The predicted molar refractivity (Wildman–Crippen MR) is 76.9 cm³/mol. The van der Waals surface area contributed by atoms with Crippen LogP contribution in [-0.4, -0.2) is 36.5 Å². The van der Waals surface area contributed by atoms with Gasteiger partial charge in [0, 0.05) is 24.7 Å². The monoisotopic (exact) mass is 261 g/mol. The minimum absolute atomic E-state index is 0.0126. The summed E-state index contributed by atoms with van der Waals surface area (Å²) in [4.78, 5) is 14.5. The van der Waals surface area contributed by atoms with Crippen molar-refractivity contribution in [3.8, 4) is 0 Å². The minimum atomic E-state index is -0.0126. The molecular formula is C15H23N3O. The van der Waals surface area contributed by atoms with Gasteiger partial charge in [-0.2, -0.15) is 0 Å². The zero-order valence-electron chi connectivity index (χ0n) is 11.6. The Morgan fingerprint density at radius 2 is 2.16 bits per heavy atom. The summed E-state index contributed by atoms with van der Waals surface area (Å²) in [5.41, 5.74) is 7.26. The number of carbonyl (C=O) groups excluding carboxylic acids is 1. The van der Waals surface area contributed by atoms with E-state index in [9.17, 15) is 4.79 Å². The van der Waals surface area contributed by atoms with E-state index in [1.807, 2.05) is 24.3 Å². The molecule has 1 amide bonds. The molecule has 3 N–H and O–H groups in total. The average Bonchev–Trinajstić information content (AvgIpc) is 2.98. The highest BCUT2D eigenvalue weighted by atomic mass is 16.1. The van der Waals surface area contributed by atoms with E-state index in [1.54, 1.807) is 0 Å². The first-order valence-electron chi connectivity index (χ1n) is 7.02. The van der Waals surface area contributed by atoms with Crippen LogP contribution in [0.2, 0.25) is 0 Å². The molecule has 1 aromatic rings. The molecule has 0 aliphatic carbocycles. The van der Waals surface area contributed by atoms with Crippen molar-refractivity contribution < 1.29 is 4.79 Å². The summed E-state index contributed by atoms with van der Waals surface area (Å²) in [5.74, 6) is -0.0126. The van der Waals surface area contributed by atoms with Crippen LogP contribution in [0.25, 0.3) is 0 Å². The van der Waals surface area contributed by atoms with Crippen LogP contribution in [0.1, 0.15) is 35.7 Å². The van der Waals surface area contributed by atoms with Gasteiger partial charge in [0.25, 0.3) is 5.91 Å². The highest BCUT2D eigenvalue weighted by Crippen LogP contribution is 2.11. The fourth-order valence-corrected chi connectivity index (χ4v) is 2.49. The third-order valence-electron chi connectivity index (χ3n) is 3.75. The lowest BCUT2D eigenvalue weighted by Gasteiger charge is -2.23. The molecule has 1 aliphatic heterocycles. The molecule has 1 aliphatic rings. The second-order valence-corrected chi connectivity index (χ2v) is 5.21. The van der Waals surface area contributed by atoms with E-state index < -0.39 is 0 Å². The van der Waals surface area contributed by atoms with Gasteiger partial charge in [-0.25, -0.2) is 0 Å². The molecule has 0 bridgehead atoms. The van der Waals surface area contributed by atoms with E-state index in [0.29, 0.717) is 24.7 Å². The molecular weight excluding hydrogens is 238 g/mol. The van der Waals surface area contributed by atoms with E-state index >= 15 is 0 Å². The fraction of sp³-hybridized carbons (Fsp3) is 0.533. The number of hydrogen-bond acceptors (Lipinski definition) is 3. The Bertz CT molecular complexity index is 427. The molecule has 4 heteroatoms. The Balaban J connectivity index is 1.86. The summed E-state index contributed by atoms with van der Waals surface area (Å²) in [6, 6.07) is 7.90. The van der Waals surface area contributed by atoms with Crippen LogP contribution >= 0.6 is 0 Å². The molecule has 0 radical (unpaired) electrons. The van der Waals surface area contributed by atoms with Gasteiger partial charge in [0.1, 0.15) is 0 Å². The summed E-state index contributed by atoms with van der Waals surface area (Å²) >= 11 is 0. The van der Waals surface area contributed by atoms with E-state index in [0.717, 1.165) is 18.7 Å². The van der Waals surface area contributed by atoms with Crippen LogP contribution in [0.5, 0.6) is 0 Å². The molecule has 19 heavy (non-hydrogen) atoms. The zero-order chi connectivity index (χ0) is 13.7. The number of benzene rings is 1. The Labute approximate surface area is 115 Å². The first-order chi connectivity index (χ1) is 9.20. The number of carbonyl (C=O) groups is 1. The maximum absolute atomic E-state index is 12.1. The molecule has 1 heterocycles. The van der Waals surface area contributed by atoms with Crippen molar-refractivity contribution in [1.29, 1.82) is 0 Å². The van der Waals surface area contributed by atoms with Crippen molar-refractivity contribution >= 4 is 5.91 Å². The minimum Gasteiger partial charge on any atom is -0.350 e. The number of amides is 1. The Hall–Kier alpha value is -1.39. The van der Waals surface area contributed by atoms with E-state index in [-0.39, 0.29) is 5.91 Å². The SMILES string of the molecule is CC(CNC(=O)c1cccc(CN)c1)N1CCCC1. The molecule has 1 unspecified atom stereocenters. The Morgan fingerprint density at radius 3 is 2.84 bits per heavy atom. The summed E-state index contributed by atoms with van der Waals surface area (Å²) < 4.78 is 0. The van der Waals surface area contributed by atoms with Crippen LogP contribution in [0.3, 0.4) is 0 Å². The first-order valence-corrected chi connectivity index (χ1v) is 7.02. The van der Waals surface area contributed by atoms with Crippen LogP contribution in [0.4, 0.5) is 0 Å². The lowest BCUT2D eigenvalue weighted by Crippen LogP contribution is -2.40. The number of rotatable bonds is 5. The first kappa shape index (κ1) is 14.0. The van der Waals surface area contributed by atoms with E-state index in [1.165, 1.54) is 12.8 Å². The van der Waals surface area contributed by atoms with E-state index in [2.05, 4.69) is 17.1 Å². The normalized spacial score (nSPS) is 17.4. The molecule has 0 saturated carbocycles. The smallest absolute Gasteiger partial charge is 0.251 e. The van der Waals surface area contributed by atoms with Gasteiger partial charge in [-0.1, -0.05) is 12.1 Å². The van der Waals surface area contributed by atoms with Gasteiger partial charge in [-0.05, 0) is 50.6 Å². The highest BCUT2D eigenvalue weighted by Gasteiger charge is 2.18. The average molecular weight is 261 g/mol. The highest BCUT2D eigenvalue weighted by molar-refractivity contribution is 5.94. The third kappa shape index (κ3) is 3.78. The fourth-order valence-electron chi connectivity index (χ4n) is 2.49.